The van der Waals surface area contributed by atoms with E-state index in [4.69, 9.17) is 0 Å². The molecule has 1 aliphatic rings. The lowest BCUT2D eigenvalue weighted by Crippen LogP contribution is -2.03. The smallest absolute Gasteiger partial charge is 0.0424 e. The number of halogens is 1. The van der Waals surface area contributed by atoms with Crippen molar-refractivity contribution >= 4 is 34.0 Å². The number of hydrogen-bond acceptors (Lipinski definition) is 2. The zero-order valence-electron chi connectivity index (χ0n) is 10.0. The summed E-state index contributed by atoms with van der Waals surface area (Å²) in [5.74, 6) is 0. The number of rotatable bonds is 3. The Morgan fingerprint density at radius 3 is 2.94 bits per heavy atom. The SMILES string of the molecule is Ic1cccc(NCc2cccc3c2NCC3)c1. The van der Waals surface area contributed by atoms with Crippen molar-refractivity contribution in [1.29, 1.82) is 0 Å². The topological polar surface area (TPSA) is 24.1 Å². The fourth-order valence-electron chi connectivity index (χ4n) is 2.35. The number of benzene rings is 2. The molecule has 0 atom stereocenters. The van der Waals surface area contributed by atoms with E-state index in [1.165, 1.54) is 26.1 Å². The van der Waals surface area contributed by atoms with Crippen molar-refractivity contribution in [3.8, 4) is 0 Å². The van der Waals surface area contributed by atoms with Crippen molar-refractivity contribution in [2.45, 2.75) is 13.0 Å². The molecule has 2 aromatic carbocycles. The van der Waals surface area contributed by atoms with Gasteiger partial charge in [0.2, 0.25) is 0 Å². The molecule has 0 saturated heterocycles. The van der Waals surface area contributed by atoms with E-state index < -0.39 is 0 Å². The number of para-hydroxylation sites is 1. The van der Waals surface area contributed by atoms with Crippen LogP contribution >= 0.6 is 22.6 Å². The van der Waals surface area contributed by atoms with Crippen LogP contribution < -0.4 is 10.6 Å². The van der Waals surface area contributed by atoms with Gasteiger partial charge in [0.25, 0.3) is 0 Å². The van der Waals surface area contributed by atoms with Gasteiger partial charge in [-0.05, 0) is 58.3 Å². The Kier molecular flexibility index (Phi) is 3.41. The zero-order chi connectivity index (χ0) is 12.4. The molecule has 1 aliphatic heterocycles. The lowest BCUT2D eigenvalue weighted by Gasteiger charge is -2.11. The van der Waals surface area contributed by atoms with Gasteiger partial charge in [-0.2, -0.15) is 0 Å². The molecular formula is C15H15IN2. The molecule has 92 valence electrons. The molecule has 2 N–H and O–H groups in total. The van der Waals surface area contributed by atoms with Crippen molar-refractivity contribution in [1.82, 2.24) is 0 Å². The van der Waals surface area contributed by atoms with Crippen LogP contribution in [0.1, 0.15) is 11.1 Å². The Morgan fingerprint density at radius 1 is 1.17 bits per heavy atom. The Morgan fingerprint density at radius 2 is 2.06 bits per heavy atom. The molecule has 2 aromatic rings. The van der Waals surface area contributed by atoms with Gasteiger partial charge in [0.1, 0.15) is 0 Å². The van der Waals surface area contributed by atoms with Crippen molar-refractivity contribution < 1.29 is 0 Å². The van der Waals surface area contributed by atoms with Gasteiger partial charge in [0, 0.05) is 28.0 Å². The van der Waals surface area contributed by atoms with E-state index in [2.05, 4.69) is 75.7 Å². The van der Waals surface area contributed by atoms with Crippen LogP contribution in [0.5, 0.6) is 0 Å². The summed E-state index contributed by atoms with van der Waals surface area (Å²) in [6, 6.07) is 15.0. The Hall–Kier alpha value is -1.23. The Balaban J connectivity index is 1.76. The molecular weight excluding hydrogens is 335 g/mol. The summed E-state index contributed by atoms with van der Waals surface area (Å²) >= 11 is 2.34. The first kappa shape index (κ1) is 11.8. The van der Waals surface area contributed by atoms with Crippen LogP contribution in [0.15, 0.2) is 42.5 Å². The minimum absolute atomic E-state index is 0.871. The summed E-state index contributed by atoms with van der Waals surface area (Å²) in [5.41, 5.74) is 5.30. The van der Waals surface area contributed by atoms with Crippen LogP contribution in [0.25, 0.3) is 0 Å². The fourth-order valence-corrected chi connectivity index (χ4v) is 2.90. The summed E-state index contributed by atoms with van der Waals surface area (Å²) < 4.78 is 1.26. The normalized spacial score (nSPS) is 12.9. The minimum Gasteiger partial charge on any atom is -0.384 e. The predicted molar refractivity (Wildman–Crippen MR) is 85.1 cm³/mol. The van der Waals surface area contributed by atoms with Gasteiger partial charge >= 0.3 is 0 Å². The fraction of sp³-hybridized carbons (Fsp3) is 0.200. The molecule has 3 heteroatoms. The van der Waals surface area contributed by atoms with Crippen LogP contribution in [0.4, 0.5) is 11.4 Å². The highest BCUT2D eigenvalue weighted by atomic mass is 127. The maximum absolute atomic E-state index is 3.49. The van der Waals surface area contributed by atoms with Gasteiger partial charge in [-0.15, -0.1) is 0 Å². The lowest BCUT2D eigenvalue weighted by molar-refractivity contribution is 1.11. The first-order chi connectivity index (χ1) is 8.83. The second-order valence-corrected chi connectivity index (χ2v) is 5.74. The van der Waals surface area contributed by atoms with Crippen LogP contribution in [0.3, 0.4) is 0 Å². The van der Waals surface area contributed by atoms with E-state index in [0.29, 0.717) is 0 Å². The lowest BCUT2D eigenvalue weighted by atomic mass is 10.1. The van der Waals surface area contributed by atoms with E-state index in [-0.39, 0.29) is 0 Å². The molecule has 1 heterocycles. The first-order valence-electron chi connectivity index (χ1n) is 6.17. The van der Waals surface area contributed by atoms with Gasteiger partial charge in [0.05, 0.1) is 0 Å². The summed E-state index contributed by atoms with van der Waals surface area (Å²) in [7, 11) is 0. The van der Waals surface area contributed by atoms with Crippen molar-refractivity contribution in [3.63, 3.8) is 0 Å². The van der Waals surface area contributed by atoms with Gasteiger partial charge in [-0.25, -0.2) is 0 Å². The third kappa shape index (κ3) is 2.46. The van der Waals surface area contributed by atoms with E-state index in [9.17, 15) is 0 Å². The largest absolute Gasteiger partial charge is 0.384 e. The van der Waals surface area contributed by atoms with Crippen molar-refractivity contribution in [2.24, 2.45) is 0 Å². The van der Waals surface area contributed by atoms with E-state index in [0.717, 1.165) is 19.5 Å². The molecule has 0 aliphatic carbocycles. The predicted octanol–water partition coefficient (Wildman–Crippen LogP) is 3.87. The summed E-state index contributed by atoms with van der Waals surface area (Å²) in [6.45, 7) is 1.94. The zero-order valence-corrected chi connectivity index (χ0v) is 12.2. The summed E-state index contributed by atoms with van der Waals surface area (Å²) in [5, 5.41) is 6.96. The van der Waals surface area contributed by atoms with E-state index in [1.54, 1.807) is 0 Å². The molecule has 0 saturated carbocycles. The number of hydrogen-bond donors (Lipinski definition) is 2. The molecule has 0 bridgehead atoms. The second-order valence-electron chi connectivity index (χ2n) is 4.49. The number of nitrogens with one attached hydrogen (secondary N) is 2. The molecule has 0 radical (unpaired) electrons. The van der Waals surface area contributed by atoms with Crippen LogP contribution in [0.2, 0.25) is 0 Å². The Bertz CT molecular complexity index is 566. The summed E-state index contributed by atoms with van der Waals surface area (Å²) in [6.07, 6.45) is 1.15. The van der Waals surface area contributed by atoms with E-state index in [1.807, 2.05) is 0 Å². The molecule has 18 heavy (non-hydrogen) atoms. The van der Waals surface area contributed by atoms with Gasteiger partial charge in [-0.1, -0.05) is 24.3 Å². The third-order valence-electron chi connectivity index (χ3n) is 3.24. The highest BCUT2D eigenvalue weighted by molar-refractivity contribution is 14.1. The maximum Gasteiger partial charge on any atom is 0.0424 e. The summed E-state index contributed by atoms with van der Waals surface area (Å²) in [4.78, 5) is 0. The molecule has 0 aromatic heterocycles. The number of fused-ring (bicyclic) bond motifs is 1. The van der Waals surface area contributed by atoms with Crippen molar-refractivity contribution in [2.75, 3.05) is 17.2 Å². The van der Waals surface area contributed by atoms with E-state index >= 15 is 0 Å². The monoisotopic (exact) mass is 350 g/mol. The second kappa shape index (κ2) is 5.18. The maximum atomic E-state index is 3.49. The van der Waals surface area contributed by atoms with Crippen LogP contribution in [0, 0.1) is 3.57 Å². The van der Waals surface area contributed by atoms with Gasteiger partial charge in [0.15, 0.2) is 0 Å². The van der Waals surface area contributed by atoms with Crippen LogP contribution in [-0.2, 0) is 13.0 Å². The standard InChI is InChI=1S/C15H15IN2/c16-13-5-2-6-14(9-13)18-10-12-4-1-3-11-7-8-17-15(11)12/h1-6,9,17-18H,7-8,10H2. The molecule has 2 nitrogen and oxygen atoms in total. The molecule has 0 amide bonds. The molecule has 3 rings (SSSR count). The number of anilines is 2. The molecule has 0 spiro atoms. The average Bonchev–Trinajstić information content (AvgIpc) is 2.85. The van der Waals surface area contributed by atoms with Gasteiger partial charge in [-0.3, -0.25) is 0 Å². The first-order valence-corrected chi connectivity index (χ1v) is 7.25. The van der Waals surface area contributed by atoms with Crippen LogP contribution in [-0.4, -0.2) is 6.54 Å². The quantitative estimate of drug-likeness (QED) is 0.822. The average molecular weight is 350 g/mol. The minimum atomic E-state index is 0.871. The van der Waals surface area contributed by atoms with Gasteiger partial charge < -0.3 is 10.6 Å². The van der Waals surface area contributed by atoms with Crippen molar-refractivity contribution in [3.05, 3.63) is 57.2 Å². The highest BCUT2D eigenvalue weighted by Gasteiger charge is 2.12. The third-order valence-corrected chi connectivity index (χ3v) is 3.91. The molecule has 0 unspecified atom stereocenters. The Labute approximate surface area is 121 Å². The highest BCUT2D eigenvalue weighted by Crippen LogP contribution is 2.27. The molecule has 0 fully saturated rings.